The van der Waals surface area contributed by atoms with Crippen LogP contribution in [0.2, 0.25) is 0 Å². The zero-order chi connectivity index (χ0) is 13.5. The lowest BCUT2D eigenvalue weighted by atomic mass is 9.94. The van der Waals surface area contributed by atoms with Gasteiger partial charge in [-0.25, -0.2) is 0 Å². The van der Waals surface area contributed by atoms with Crippen LogP contribution in [0.15, 0.2) is 24.3 Å². The molecule has 0 aromatic heterocycles. The Kier molecular flexibility index (Phi) is 5.56. The molecule has 18 heavy (non-hydrogen) atoms. The van der Waals surface area contributed by atoms with Crippen molar-refractivity contribution in [1.82, 2.24) is 0 Å². The number of carbonyl (C=O) groups excluding carboxylic acids is 2. The fourth-order valence-corrected chi connectivity index (χ4v) is 1.85. The quantitative estimate of drug-likeness (QED) is 0.547. The molecule has 1 amide bonds. The first-order chi connectivity index (χ1) is 8.60. The summed E-state index contributed by atoms with van der Waals surface area (Å²) >= 11 is 0. The van der Waals surface area contributed by atoms with Crippen LogP contribution in [0.5, 0.6) is 0 Å². The van der Waals surface area contributed by atoms with Gasteiger partial charge in [-0.05, 0) is 30.7 Å². The molecule has 0 fully saturated rings. The molecule has 1 rings (SSSR count). The molecular formula is C15H21NO2. The number of nitrogens with zero attached hydrogens (tertiary/aromatic N) is 1. The van der Waals surface area contributed by atoms with Crippen LogP contribution in [-0.4, -0.2) is 19.2 Å². The number of anilines is 1. The number of benzene rings is 1. The van der Waals surface area contributed by atoms with Gasteiger partial charge in [-0.1, -0.05) is 26.7 Å². The minimum Gasteiger partial charge on any atom is -0.318 e. The number of hydrogen-bond acceptors (Lipinski definition) is 2. The van der Waals surface area contributed by atoms with Crippen molar-refractivity contribution in [3.8, 4) is 0 Å². The second-order valence-electron chi connectivity index (χ2n) is 4.67. The first-order valence-electron chi connectivity index (χ1n) is 6.42. The maximum atomic E-state index is 12.1. The van der Waals surface area contributed by atoms with Gasteiger partial charge in [-0.15, -0.1) is 0 Å². The fourth-order valence-electron chi connectivity index (χ4n) is 1.85. The van der Waals surface area contributed by atoms with Gasteiger partial charge in [0.15, 0.2) is 5.78 Å². The Hall–Kier alpha value is -1.64. The standard InChI is InChI=1S/C15H21NO2/c1-4-5-6-12(2)15(18)13-7-9-14(10-8-13)16(3)11-17/h7-12H,4-6H2,1-3H3. The largest absolute Gasteiger partial charge is 0.318 e. The van der Waals surface area contributed by atoms with Crippen molar-refractivity contribution >= 4 is 17.9 Å². The minimum absolute atomic E-state index is 0.0691. The van der Waals surface area contributed by atoms with Crippen molar-refractivity contribution in [3.63, 3.8) is 0 Å². The zero-order valence-electron chi connectivity index (χ0n) is 11.3. The van der Waals surface area contributed by atoms with Crippen LogP contribution in [0, 0.1) is 5.92 Å². The topological polar surface area (TPSA) is 37.4 Å². The third-order valence-electron chi connectivity index (χ3n) is 3.16. The number of carbonyl (C=O) groups is 2. The van der Waals surface area contributed by atoms with E-state index < -0.39 is 0 Å². The van der Waals surface area contributed by atoms with E-state index in [4.69, 9.17) is 0 Å². The van der Waals surface area contributed by atoms with E-state index in [1.165, 1.54) is 4.90 Å². The van der Waals surface area contributed by atoms with E-state index in [9.17, 15) is 9.59 Å². The molecule has 0 heterocycles. The van der Waals surface area contributed by atoms with Crippen LogP contribution in [0.25, 0.3) is 0 Å². The molecule has 1 aromatic rings. The SMILES string of the molecule is CCCCC(C)C(=O)c1ccc(N(C)C=O)cc1. The summed E-state index contributed by atoms with van der Waals surface area (Å²) in [6.45, 7) is 4.10. The Morgan fingerprint density at radius 2 is 1.94 bits per heavy atom. The summed E-state index contributed by atoms with van der Waals surface area (Å²) in [5, 5.41) is 0. The molecule has 0 saturated carbocycles. The fraction of sp³-hybridized carbons (Fsp3) is 0.467. The van der Waals surface area contributed by atoms with Crippen LogP contribution in [-0.2, 0) is 4.79 Å². The highest BCUT2D eigenvalue weighted by molar-refractivity contribution is 5.98. The van der Waals surface area contributed by atoms with E-state index in [1.54, 1.807) is 31.3 Å². The highest BCUT2D eigenvalue weighted by atomic mass is 16.1. The molecule has 3 nitrogen and oxygen atoms in total. The van der Waals surface area contributed by atoms with Gasteiger partial charge in [0, 0.05) is 24.2 Å². The molecular weight excluding hydrogens is 226 g/mol. The number of rotatable bonds is 7. The smallest absolute Gasteiger partial charge is 0.213 e. The lowest BCUT2D eigenvalue weighted by Gasteiger charge is -2.13. The monoisotopic (exact) mass is 247 g/mol. The lowest BCUT2D eigenvalue weighted by molar-refractivity contribution is -0.107. The third kappa shape index (κ3) is 3.69. The molecule has 1 atom stereocenters. The van der Waals surface area contributed by atoms with E-state index >= 15 is 0 Å². The van der Waals surface area contributed by atoms with Crippen molar-refractivity contribution in [2.45, 2.75) is 33.1 Å². The summed E-state index contributed by atoms with van der Waals surface area (Å²) in [5.41, 5.74) is 1.52. The molecule has 0 aliphatic rings. The second-order valence-corrected chi connectivity index (χ2v) is 4.67. The number of amides is 1. The van der Waals surface area contributed by atoms with Crippen LogP contribution in [0.1, 0.15) is 43.5 Å². The first-order valence-corrected chi connectivity index (χ1v) is 6.42. The van der Waals surface area contributed by atoms with Crippen LogP contribution >= 0.6 is 0 Å². The zero-order valence-corrected chi connectivity index (χ0v) is 11.3. The highest BCUT2D eigenvalue weighted by Crippen LogP contribution is 2.18. The van der Waals surface area contributed by atoms with Crippen molar-refractivity contribution in [3.05, 3.63) is 29.8 Å². The molecule has 0 saturated heterocycles. The first kappa shape index (κ1) is 14.4. The molecule has 0 N–H and O–H groups in total. The summed E-state index contributed by atoms with van der Waals surface area (Å²) < 4.78 is 0. The van der Waals surface area contributed by atoms with Crippen LogP contribution < -0.4 is 4.90 Å². The summed E-state index contributed by atoms with van der Waals surface area (Å²) in [6.07, 6.45) is 3.88. The van der Waals surface area contributed by atoms with E-state index in [-0.39, 0.29) is 11.7 Å². The summed E-state index contributed by atoms with van der Waals surface area (Å²) in [7, 11) is 1.69. The molecule has 1 unspecified atom stereocenters. The van der Waals surface area contributed by atoms with E-state index in [0.29, 0.717) is 0 Å². The number of Topliss-reactive ketones (excluding diaryl/α,β-unsaturated/α-hetero) is 1. The van der Waals surface area contributed by atoms with Gasteiger partial charge in [-0.2, -0.15) is 0 Å². The average molecular weight is 247 g/mol. The Morgan fingerprint density at radius 1 is 1.33 bits per heavy atom. The Morgan fingerprint density at radius 3 is 2.44 bits per heavy atom. The number of ketones is 1. The van der Waals surface area contributed by atoms with E-state index in [1.807, 2.05) is 6.92 Å². The predicted octanol–water partition coefficient (Wildman–Crippen LogP) is 3.29. The summed E-state index contributed by atoms with van der Waals surface area (Å²) in [4.78, 5) is 24.2. The number of unbranched alkanes of at least 4 members (excludes halogenated alkanes) is 1. The maximum absolute atomic E-state index is 12.1. The van der Waals surface area contributed by atoms with Crippen molar-refractivity contribution in [1.29, 1.82) is 0 Å². The van der Waals surface area contributed by atoms with Gasteiger partial charge in [0.2, 0.25) is 6.41 Å². The average Bonchev–Trinajstić information content (AvgIpc) is 2.43. The van der Waals surface area contributed by atoms with E-state index in [2.05, 4.69) is 6.92 Å². The Labute approximate surface area is 109 Å². The molecule has 1 aromatic carbocycles. The Bertz CT molecular complexity index is 397. The molecule has 0 bridgehead atoms. The molecule has 0 aliphatic carbocycles. The van der Waals surface area contributed by atoms with Crippen molar-refractivity contribution in [2.75, 3.05) is 11.9 Å². The van der Waals surface area contributed by atoms with Crippen molar-refractivity contribution in [2.24, 2.45) is 5.92 Å². The second kappa shape index (κ2) is 6.94. The van der Waals surface area contributed by atoms with Gasteiger partial charge < -0.3 is 4.90 Å². The maximum Gasteiger partial charge on any atom is 0.213 e. The van der Waals surface area contributed by atoms with Gasteiger partial charge in [0.05, 0.1) is 0 Å². The molecule has 3 heteroatoms. The molecule has 98 valence electrons. The number of hydrogen-bond donors (Lipinski definition) is 0. The van der Waals surface area contributed by atoms with Gasteiger partial charge in [0.1, 0.15) is 0 Å². The highest BCUT2D eigenvalue weighted by Gasteiger charge is 2.14. The third-order valence-corrected chi connectivity index (χ3v) is 3.16. The van der Waals surface area contributed by atoms with Gasteiger partial charge >= 0.3 is 0 Å². The van der Waals surface area contributed by atoms with Gasteiger partial charge in [0.25, 0.3) is 0 Å². The van der Waals surface area contributed by atoms with Gasteiger partial charge in [-0.3, -0.25) is 9.59 Å². The van der Waals surface area contributed by atoms with Crippen LogP contribution in [0.3, 0.4) is 0 Å². The summed E-state index contributed by atoms with van der Waals surface area (Å²) in [5.74, 6) is 0.253. The molecule has 0 aliphatic heterocycles. The van der Waals surface area contributed by atoms with E-state index in [0.717, 1.165) is 36.9 Å². The van der Waals surface area contributed by atoms with Crippen molar-refractivity contribution < 1.29 is 9.59 Å². The Balaban J connectivity index is 2.72. The summed E-state index contributed by atoms with van der Waals surface area (Å²) in [6, 6.07) is 7.18. The predicted molar refractivity (Wildman–Crippen MR) is 73.9 cm³/mol. The molecule has 0 radical (unpaired) electrons. The minimum atomic E-state index is 0.0691. The van der Waals surface area contributed by atoms with Crippen LogP contribution in [0.4, 0.5) is 5.69 Å². The normalized spacial score (nSPS) is 11.9. The molecule has 0 spiro atoms. The lowest BCUT2D eigenvalue weighted by Crippen LogP contribution is -2.14.